The molecule has 0 saturated carbocycles. The maximum atomic E-state index is 11.0. The van der Waals surface area contributed by atoms with E-state index in [1.807, 2.05) is 36.4 Å². The van der Waals surface area contributed by atoms with Crippen molar-refractivity contribution in [2.45, 2.75) is 0 Å². The van der Waals surface area contributed by atoms with Crippen LogP contribution in [0.25, 0.3) is 11.1 Å². The quantitative estimate of drug-likeness (QED) is 0.786. The molecule has 0 spiro atoms. The number of hydrogen-bond donors (Lipinski definition) is 1. The van der Waals surface area contributed by atoms with Crippen LogP contribution >= 0.6 is 8.46 Å². The van der Waals surface area contributed by atoms with Crippen LogP contribution in [0.15, 0.2) is 48.5 Å². The second-order valence-electron chi connectivity index (χ2n) is 3.25. The Morgan fingerprint density at radius 3 is 2.27 bits per heavy atom. The SMILES string of the molecule is O=[PH2]c1ccccc1-c1ccc(O)cc1. The third-order valence-corrected chi connectivity index (χ3v) is 3.02. The molecule has 0 fully saturated rings. The molecule has 3 heteroatoms. The van der Waals surface area contributed by atoms with Crippen molar-refractivity contribution in [3.8, 4) is 16.9 Å². The van der Waals surface area contributed by atoms with E-state index in [0.29, 0.717) is 0 Å². The van der Waals surface area contributed by atoms with E-state index in [-0.39, 0.29) is 5.75 Å². The molecule has 0 aliphatic rings. The lowest BCUT2D eigenvalue weighted by Crippen LogP contribution is -1.95. The minimum absolute atomic E-state index is 0.241. The molecule has 0 radical (unpaired) electrons. The summed E-state index contributed by atoms with van der Waals surface area (Å²) in [5.74, 6) is 0.241. The summed E-state index contributed by atoms with van der Waals surface area (Å²) in [5.41, 5.74) is 1.95. The smallest absolute Gasteiger partial charge is 0.115 e. The third kappa shape index (κ3) is 2.11. The Balaban J connectivity index is 2.53. The largest absolute Gasteiger partial charge is 0.508 e. The zero-order valence-corrected chi connectivity index (χ0v) is 9.21. The van der Waals surface area contributed by atoms with Gasteiger partial charge in [0.25, 0.3) is 0 Å². The highest BCUT2D eigenvalue weighted by Crippen LogP contribution is 2.22. The van der Waals surface area contributed by atoms with Crippen molar-refractivity contribution in [1.29, 1.82) is 0 Å². The molecule has 1 atom stereocenters. The number of rotatable bonds is 2. The number of benzene rings is 2. The molecule has 1 unspecified atom stereocenters. The molecule has 76 valence electrons. The van der Waals surface area contributed by atoms with Gasteiger partial charge in [0.05, 0.1) is 8.46 Å². The Kier molecular flexibility index (Phi) is 2.89. The highest BCUT2D eigenvalue weighted by atomic mass is 31.1. The van der Waals surface area contributed by atoms with Crippen LogP contribution in [0.1, 0.15) is 0 Å². The molecular formula is C12H11O2P. The monoisotopic (exact) mass is 218 g/mol. The van der Waals surface area contributed by atoms with E-state index in [2.05, 4.69) is 0 Å². The van der Waals surface area contributed by atoms with Gasteiger partial charge in [0.15, 0.2) is 0 Å². The lowest BCUT2D eigenvalue weighted by molar-refractivity contribution is 0.475. The molecule has 2 aromatic rings. The number of phenols is 1. The summed E-state index contributed by atoms with van der Waals surface area (Å²) in [6, 6.07) is 14.5. The first kappa shape index (κ1) is 10.0. The Morgan fingerprint density at radius 2 is 1.60 bits per heavy atom. The Labute approximate surface area is 89.4 Å². The summed E-state index contributed by atoms with van der Waals surface area (Å²) >= 11 is 0. The average molecular weight is 218 g/mol. The van der Waals surface area contributed by atoms with Crippen LogP contribution in [-0.4, -0.2) is 5.11 Å². The summed E-state index contributed by atoms with van der Waals surface area (Å²) in [4.78, 5) is 0. The van der Waals surface area contributed by atoms with Gasteiger partial charge in [0, 0.05) is 5.30 Å². The number of aromatic hydroxyl groups is 1. The summed E-state index contributed by atoms with van der Waals surface area (Å²) in [6.45, 7) is 0. The standard InChI is InChI=1S/C12H11O2P/c13-10-7-5-9(6-8-10)11-3-1-2-4-12(11)15-14/h1-8,13H,15H2. The van der Waals surface area contributed by atoms with Gasteiger partial charge < -0.3 is 9.67 Å². The first-order valence-electron chi connectivity index (χ1n) is 4.65. The lowest BCUT2D eigenvalue weighted by atomic mass is 10.1. The second kappa shape index (κ2) is 4.33. The Bertz CT molecular complexity index is 477. The van der Waals surface area contributed by atoms with E-state index >= 15 is 0 Å². The Hall–Kier alpha value is -1.53. The van der Waals surface area contributed by atoms with E-state index in [1.54, 1.807) is 12.1 Å². The van der Waals surface area contributed by atoms with Gasteiger partial charge >= 0.3 is 0 Å². The highest BCUT2D eigenvalue weighted by molar-refractivity contribution is 7.34. The molecule has 2 rings (SSSR count). The lowest BCUT2D eigenvalue weighted by Gasteiger charge is -2.04. The van der Waals surface area contributed by atoms with Gasteiger partial charge in [-0.25, -0.2) is 0 Å². The zero-order valence-electron chi connectivity index (χ0n) is 8.05. The average Bonchev–Trinajstić information content (AvgIpc) is 2.30. The van der Waals surface area contributed by atoms with Crippen LogP contribution in [0.3, 0.4) is 0 Å². The molecule has 0 aromatic heterocycles. The van der Waals surface area contributed by atoms with E-state index in [4.69, 9.17) is 0 Å². The molecule has 1 N–H and O–H groups in total. The van der Waals surface area contributed by atoms with E-state index in [9.17, 15) is 9.67 Å². The van der Waals surface area contributed by atoms with Crippen LogP contribution in [0.2, 0.25) is 0 Å². The number of phenolic OH excluding ortho intramolecular Hbond substituents is 1. The van der Waals surface area contributed by atoms with Crippen LogP contribution in [0, 0.1) is 0 Å². The van der Waals surface area contributed by atoms with Crippen molar-refractivity contribution in [3.05, 3.63) is 48.5 Å². The minimum atomic E-state index is -0.932. The van der Waals surface area contributed by atoms with Crippen molar-refractivity contribution < 1.29 is 9.67 Å². The molecule has 2 aromatic carbocycles. The highest BCUT2D eigenvalue weighted by Gasteiger charge is 2.02. The fourth-order valence-electron chi connectivity index (χ4n) is 1.50. The van der Waals surface area contributed by atoms with Gasteiger partial charge in [-0.1, -0.05) is 36.4 Å². The maximum absolute atomic E-state index is 11.0. The molecule has 0 heterocycles. The predicted octanol–water partition coefficient (Wildman–Crippen LogP) is 2.44. The summed E-state index contributed by atoms with van der Waals surface area (Å²) in [5, 5.41) is 10.0. The molecule has 0 saturated heterocycles. The fourth-order valence-corrected chi connectivity index (χ4v) is 2.08. The van der Waals surface area contributed by atoms with Gasteiger partial charge in [0.2, 0.25) is 0 Å². The molecule has 0 aliphatic heterocycles. The van der Waals surface area contributed by atoms with Crippen LogP contribution in [-0.2, 0) is 4.57 Å². The Morgan fingerprint density at radius 1 is 0.933 bits per heavy atom. The normalized spacial score (nSPS) is 10.9. The van der Waals surface area contributed by atoms with Crippen LogP contribution in [0.4, 0.5) is 0 Å². The molecule has 2 nitrogen and oxygen atoms in total. The first-order valence-corrected chi connectivity index (χ1v) is 5.70. The maximum Gasteiger partial charge on any atom is 0.115 e. The topological polar surface area (TPSA) is 37.3 Å². The van der Waals surface area contributed by atoms with E-state index < -0.39 is 8.46 Å². The molecule has 15 heavy (non-hydrogen) atoms. The van der Waals surface area contributed by atoms with Crippen molar-refractivity contribution in [2.75, 3.05) is 0 Å². The summed E-state index contributed by atoms with van der Waals surface area (Å²) in [6.07, 6.45) is 0. The number of hydrogen-bond acceptors (Lipinski definition) is 2. The van der Waals surface area contributed by atoms with Gasteiger partial charge in [-0.3, -0.25) is 0 Å². The van der Waals surface area contributed by atoms with Gasteiger partial charge in [-0.2, -0.15) is 0 Å². The minimum Gasteiger partial charge on any atom is -0.508 e. The van der Waals surface area contributed by atoms with E-state index in [0.717, 1.165) is 16.4 Å². The molecular weight excluding hydrogens is 207 g/mol. The van der Waals surface area contributed by atoms with Crippen molar-refractivity contribution in [1.82, 2.24) is 0 Å². The first-order chi connectivity index (χ1) is 7.31. The second-order valence-corrected chi connectivity index (χ2v) is 4.11. The molecule has 0 bridgehead atoms. The zero-order chi connectivity index (χ0) is 10.7. The van der Waals surface area contributed by atoms with Crippen LogP contribution in [0.5, 0.6) is 5.75 Å². The van der Waals surface area contributed by atoms with Crippen molar-refractivity contribution in [2.24, 2.45) is 0 Å². The van der Waals surface area contributed by atoms with Crippen LogP contribution < -0.4 is 5.30 Å². The van der Waals surface area contributed by atoms with Gasteiger partial charge in [-0.05, 0) is 23.3 Å². The van der Waals surface area contributed by atoms with Crippen molar-refractivity contribution in [3.63, 3.8) is 0 Å². The summed E-state index contributed by atoms with van der Waals surface area (Å²) < 4.78 is 11.0. The van der Waals surface area contributed by atoms with Gasteiger partial charge in [0.1, 0.15) is 5.75 Å². The fraction of sp³-hybridized carbons (Fsp3) is 0. The predicted molar refractivity (Wildman–Crippen MR) is 63.6 cm³/mol. The molecule has 0 amide bonds. The van der Waals surface area contributed by atoms with Crippen molar-refractivity contribution >= 4 is 13.8 Å². The van der Waals surface area contributed by atoms with E-state index in [1.165, 1.54) is 0 Å². The third-order valence-electron chi connectivity index (χ3n) is 2.27. The molecule has 0 aliphatic carbocycles. The summed E-state index contributed by atoms with van der Waals surface area (Å²) in [7, 11) is -0.932. The van der Waals surface area contributed by atoms with Gasteiger partial charge in [-0.15, -0.1) is 0 Å².